The molecule has 12 heteroatoms. The van der Waals surface area contributed by atoms with Gasteiger partial charge in [0.2, 0.25) is 5.89 Å². The molecule has 2 aliphatic heterocycles. The Balaban J connectivity index is 0.933. The van der Waals surface area contributed by atoms with Crippen molar-refractivity contribution in [3.8, 4) is 22.8 Å². The molecule has 0 spiro atoms. The first kappa shape index (κ1) is 34.6. The predicted octanol–water partition coefficient (Wildman–Crippen LogP) is 6.90. The van der Waals surface area contributed by atoms with E-state index < -0.39 is 11.2 Å². The lowest BCUT2D eigenvalue weighted by molar-refractivity contribution is -0.152. The van der Waals surface area contributed by atoms with Gasteiger partial charge in [0.1, 0.15) is 11.6 Å². The van der Waals surface area contributed by atoms with Crippen molar-refractivity contribution in [1.82, 2.24) is 34.7 Å². The third-order valence-corrected chi connectivity index (χ3v) is 11.2. The largest absolute Gasteiger partial charge is 0.436 e. The van der Waals surface area contributed by atoms with Crippen molar-refractivity contribution in [2.45, 2.75) is 62.8 Å². The van der Waals surface area contributed by atoms with Crippen LogP contribution in [0.4, 0.5) is 0 Å². The molecular weight excluding hydrogens is 695 g/mol. The van der Waals surface area contributed by atoms with Crippen LogP contribution in [0.5, 0.6) is 0 Å². The Hall–Kier alpha value is -6.11. The van der Waals surface area contributed by atoms with Crippen LogP contribution in [0.3, 0.4) is 0 Å². The van der Waals surface area contributed by atoms with Gasteiger partial charge in [-0.15, -0.1) is 0 Å². The van der Waals surface area contributed by atoms with Gasteiger partial charge in [-0.25, -0.2) is 15.0 Å². The molecule has 5 heterocycles. The Morgan fingerprint density at radius 2 is 1.24 bits per heavy atom. The average molecular weight is 736 g/mol. The maximum Gasteiger partial charge on any atom is 0.259 e. The van der Waals surface area contributed by atoms with Crippen molar-refractivity contribution in [2.24, 2.45) is 0 Å². The number of aromatic amines is 2. The first-order chi connectivity index (χ1) is 26.6. The monoisotopic (exact) mass is 735 g/mol. The van der Waals surface area contributed by atoms with E-state index in [1.807, 2.05) is 72.8 Å². The lowest BCUT2D eigenvalue weighted by Crippen LogP contribution is -2.45. The van der Waals surface area contributed by atoms with Gasteiger partial charge in [-0.3, -0.25) is 9.59 Å². The molecule has 7 aromatic rings. The van der Waals surface area contributed by atoms with E-state index in [0.717, 1.165) is 58.9 Å². The highest BCUT2D eigenvalue weighted by atomic mass is 16.4. The molecule has 4 aromatic carbocycles. The Labute approximate surface area is 316 Å². The summed E-state index contributed by atoms with van der Waals surface area (Å²) in [4.78, 5) is 52.0. The average Bonchev–Trinajstić information content (AvgIpc) is 4.06. The minimum Gasteiger partial charge on any atom is -0.436 e. The standard InChI is InChI=1S/C43H41N7O5/c1-42(53,28-11-5-3-6-12-28)40(51)49-21-9-15-34(49)37-45-30-19-17-26(23-32(30)47-37)36-25-44-39(55-36)27-18-20-31-33(24-27)48-38(46-31)35-16-10-22-50(35)41(52)43(2,54)29-13-7-4-8-14-29/h3-8,11-14,17-20,23-25,34-35,53-54H,9-10,15-16,21-22H2,1-2H3,(H,45,47)(H,46,48)/t34-,35?,42-,43-/m0/s1. The van der Waals surface area contributed by atoms with E-state index in [9.17, 15) is 19.8 Å². The van der Waals surface area contributed by atoms with E-state index in [4.69, 9.17) is 14.4 Å². The highest BCUT2D eigenvalue weighted by Crippen LogP contribution is 2.38. The number of aromatic nitrogens is 5. The number of oxazole rings is 1. The highest BCUT2D eigenvalue weighted by molar-refractivity contribution is 5.88. The maximum atomic E-state index is 13.7. The van der Waals surface area contributed by atoms with Crippen LogP contribution >= 0.6 is 0 Å². The number of carbonyl (C=O) groups excluding carboxylic acids is 2. The Morgan fingerprint density at radius 3 is 1.84 bits per heavy atom. The normalized spacial score (nSPS) is 19.6. The van der Waals surface area contributed by atoms with E-state index in [0.29, 0.717) is 47.5 Å². The van der Waals surface area contributed by atoms with E-state index >= 15 is 0 Å². The van der Waals surface area contributed by atoms with Crippen LogP contribution in [0, 0.1) is 0 Å². The number of benzene rings is 4. The lowest BCUT2D eigenvalue weighted by atomic mass is 9.94. The number of aliphatic hydroxyl groups is 2. The van der Waals surface area contributed by atoms with E-state index in [2.05, 4.69) is 15.0 Å². The van der Waals surface area contributed by atoms with Crippen molar-refractivity contribution in [3.05, 3.63) is 126 Å². The van der Waals surface area contributed by atoms with Gasteiger partial charge in [0.05, 0.1) is 40.3 Å². The molecule has 9 rings (SSSR count). The van der Waals surface area contributed by atoms with Gasteiger partial charge in [0, 0.05) is 24.2 Å². The summed E-state index contributed by atoms with van der Waals surface area (Å²) in [6, 6.07) is 29.1. The third-order valence-electron chi connectivity index (χ3n) is 11.2. The number of carbonyl (C=O) groups is 2. The van der Waals surface area contributed by atoms with Crippen molar-refractivity contribution < 1.29 is 24.2 Å². The number of likely N-dealkylation sites (tertiary alicyclic amines) is 2. The molecule has 2 amide bonds. The van der Waals surface area contributed by atoms with Gasteiger partial charge in [0.15, 0.2) is 17.0 Å². The molecular formula is C43H41N7O5. The first-order valence-electron chi connectivity index (χ1n) is 18.7. The zero-order valence-electron chi connectivity index (χ0n) is 30.6. The summed E-state index contributed by atoms with van der Waals surface area (Å²) in [6.07, 6.45) is 4.79. The van der Waals surface area contributed by atoms with Gasteiger partial charge in [0.25, 0.3) is 11.8 Å². The number of nitrogens with one attached hydrogen (secondary N) is 2. The second-order valence-corrected chi connectivity index (χ2v) is 14.9. The molecule has 4 N–H and O–H groups in total. The van der Waals surface area contributed by atoms with Crippen LogP contribution in [0.2, 0.25) is 0 Å². The molecule has 4 atom stereocenters. The summed E-state index contributed by atoms with van der Waals surface area (Å²) in [5.41, 5.74) is 2.48. The SMILES string of the molecule is C[C@@](O)(C(=O)N1CCCC1c1nc2ccc(-c3ncc(-c4ccc5[nH]c([C@@H]6CCCN6C(=O)[C@@](C)(O)c6ccccc6)nc5c4)o3)cc2[nH]1)c1ccccc1. The van der Waals surface area contributed by atoms with Gasteiger partial charge >= 0.3 is 0 Å². The quantitative estimate of drug-likeness (QED) is 0.131. The minimum absolute atomic E-state index is 0.283. The molecule has 2 saturated heterocycles. The van der Waals surface area contributed by atoms with Gasteiger partial charge < -0.3 is 34.4 Å². The van der Waals surface area contributed by atoms with E-state index in [-0.39, 0.29) is 23.9 Å². The fourth-order valence-corrected chi connectivity index (χ4v) is 8.12. The fraction of sp³-hybridized carbons (Fsp3) is 0.279. The number of H-pyrrole nitrogens is 2. The number of hydrogen-bond acceptors (Lipinski definition) is 8. The number of hydrogen-bond donors (Lipinski definition) is 4. The van der Waals surface area contributed by atoms with Gasteiger partial charge in [-0.1, -0.05) is 60.7 Å². The van der Waals surface area contributed by atoms with Crippen LogP contribution in [-0.2, 0) is 20.8 Å². The molecule has 2 aliphatic rings. The molecule has 3 aromatic heterocycles. The second-order valence-electron chi connectivity index (χ2n) is 14.9. The van der Waals surface area contributed by atoms with Crippen molar-refractivity contribution in [2.75, 3.05) is 13.1 Å². The maximum absolute atomic E-state index is 13.7. The van der Waals surface area contributed by atoms with Crippen LogP contribution in [0.25, 0.3) is 44.8 Å². The van der Waals surface area contributed by atoms with Crippen molar-refractivity contribution >= 4 is 33.9 Å². The van der Waals surface area contributed by atoms with Gasteiger partial charge in [-0.2, -0.15) is 0 Å². The van der Waals surface area contributed by atoms with Crippen LogP contribution in [0.15, 0.2) is 108 Å². The molecule has 0 aliphatic carbocycles. The van der Waals surface area contributed by atoms with E-state index in [1.165, 1.54) is 0 Å². The Morgan fingerprint density at radius 1 is 0.691 bits per heavy atom. The zero-order valence-corrected chi connectivity index (χ0v) is 30.6. The van der Waals surface area contributed by atoms with Crippen molar-refractivity contribution in [3.63, 3.8) is 0 Å². The van der Waals surface area contributed by atoms with Crippen LogP contribution < -0.4 is 0 Å². The molecule has 12 nitrogen and oxygen atoms in total. The predicted molar refractivity (Wildman–Crippen MR) is 206 cm³/mol. The molecule has 0 saturated carbocycles. The Bertz CT molecular complexity index is 2360. The molecule has 0 radical (unpaired) electrons. The fourth-order valence-electron chi connectivity index (χ4n) is 8.12. The molecule has 278 valence electrons. The molecule has 0 bridgehead atoms. The topological polar surface area (TPSA) is 164 Å². The van der Waals surface area contributed by atoms with Crippen molar-refractivity contribution in [1.29, 1.82) is 0 Å². The molecule has 2 fully saturated rings. The first-order valence-corrected chi connectivity index (χ1v) is 18.7. The summed E-state index contributed by atoms with van der Waals surface area (Å²) in [5.74, 6) is 1.69. The number of rotatable bonds is 8. The number of amides is 2. The summed E-state index contributed by atoms with van der Waals surface area (Å²) < 4.78 is 6.28. The second kappa shape index (κ2) is 13.3. The molecule has 55 heavy (non-hydrogen) atoms. The lowest BCUT2D eigenvalue weighted by Gasteiger charge is -2.31. The smallest absolute Gasteiger partial charge is 0.259 e. The zero-order chi connectivity index (χ0) is 37.9. The highest BCUT2D eigenvalue weighted by Gasteiger charge is 2.43. The molecule has 1 unspecified atom stereocenters. The summed E-state index contributed by atoms with van der Waals surface area (Å²) in [6.45, 7) is 4.18. The minimum atomic E-state index is -1.65. The third kappa shape index (κ3) is 6.07. The number of nitrogens with zero attached hydrogens (tertiary/aromatic N) is 5. The van der Waals surface area contributed by atoms with Crippen LogP contribution in [0.1, 0.15) is 74.4 Å². The Kier molecular flexibility index (Phi) is 8.39. The number of fused-ring (bicyclic) bond motifs is 2. The van der Waals surface area contributed by atoms with Gasteiger partial charge in [-0.05, 0) is 87.1 Å². The summed E-state index contributed by atoms with van der Waals surface area (Å²) in [7, 11) is 0. The summed E-state index contributed by atoms with van der Waals surface area (Å²) in [5, 5.41) is 22.6. The summed E-state index contributed by atoms with van der Waals surface area (Å²) >= 11 is 0. The number of imidazole rings is 2. The van der Waals surface area contributed by atoms with E-state index in [1.54, 1.807) is 54.1 Å². The van der Waals surface area contributed by atoms with Crippen LogP contribution in [-0.4, -0.2) is 69.8 Å².